The number of nitrogens with zero attached hydrogens (tertiary/aromatic N) is 2. The first-order chi connectivity index (χ1) is 13.8. The minimum absolute atomic E-state index is 0. The van der Waals surface area contributed by atoms with E-state index in [0.29, 0.717) is 0 Å². The number of carbonyl (C=O) groups is 1. The molecule has 9 heteroatoms. The van der Waals surface area contributed by atoms with Crippen LogP contribution in [-0.4, -0.2) is 59.6 Å². The second kappa shape index (κ2) is 14.2. The standard InChI is InChI=1S/C22H28N4OS.3ClH/c27-22(21-16-28-17-23-21)24-20-8-6-19(7-9-20)15-26-12-10-25(11-13-26)14-18-4-2-1-3-5-18;;;/h1-9,21,23H,10-17H2,(H,24,27);3*1H. The minimum Gasteiger partial charge on any atom is -0.325 e. The van der Waals surface area contributed by atoms with Crippen LogP contribution in [0.1, 0.15) is 11.1 Å². The van der Waals surface area contributed by atoms with Crippen LogP contribution in [0.5, 0.6) is 0 Å². The number of thioether (sulfide) groups is 1. The number of anilines is 1. The van der Waals surface area contributed by atoms with Crippen molar-refractivity contribution < 1.29 is 4.79 Å². The number of amides is 1. The summed E-state index contributed by atoms with van der Waals surface area (Å²) in [6.07, 6.45) is 0. The summed E-state index contributed by atoms with van der Waals surface area (Å²) in [5.74, 6) is 1.77. The first-order valence-electron chi connectivity index (χ1n) is 9.96. The zero-order valence-corrected chi connectivity index (χ0v) is 20.6. The van der Waals surface area contributed by atoms with Crippen LogP contribution in [0.2, 0.25) is 0 Å². The van der Waals surface area contributed by atoms with Gasteiger partial charge in [0.15, 0.2) is 0 Å². The Balaban J connectivity index is 0.00000160. The molecule has 2 aromatic carbocycles. The smallest absolute Gasteiger partial charge is 0.242 e. The van der Waals surface area contributed by atoms with Gasteiger partial charge in [-0.25, -0.2) is 0 Å². The van der Waals surface area contributed by atoms with Crippen LogP contribution in [0, 0.1) is 0 Å². The molecule has 2 aliphatic heterocycles. The summed E-state index contributed by atoms with van der Waals surface area (Å²) in [5, 5.41) is 6.21. The Hall–Kier alpha value is -0.990. The molecule has 1 amide bonds. The first kappa shape index (κ1) is 28.0. The molecule has 2 N–H and O–H groups in total. The van der Waals surface area contributed by atoms with E-state index < -0.39 is 0 Å². The molecule has 0 saturated carbocycles. The van der Waals surface area contributed by atoms with Gasteiger partial charge in [-0.3, -0.25) is 19.9 Å². The molecule has 0 bridgehead atoms. The highest BCUT2D eigenvalue weighted by molar-refractivity contribution is 7.99. The van der Waals surface area contributed by atoms with Crippen LogP contribution >= 0.6 is 49.0 Å². The average Bonchev–Trinajstić information content (AvgIpc) is 3.27. The summed E-state index contributed by atoms with van der Waals surface area (Å²) in [6.45, 7) is 6.41. The molecule has 5 nitrogen and oxygen atoms in total. The third-order valence-electron chi connectivity index (χ3n) is 5.37. The van der Waals surface area contributed by atoms with E-state index >= 15 is 0 Å². The SMILES string of the molecule is Cl.Cl.Cl.O=C(Nc1ccc(CN2CCN(Cc3ccccc3)CC2)cc1)C1CSCN1. The van der Waals surface area contributed by atoms with Crippen LogP contribution in [0.4, 0.5) is 5.69 Å². The Morgan fingerprint density at radius 2 is 1.42 bits per heavy atom. The number of piperazine rings is 1. The normalized spacial score (nSPS) is 18.9. The van der Waals surface area contributed by atoms with Gasteiger partial charge in [0.2, 0.25) is 5.91 Å². The van der Waals surface area contributed by atoms with Gasteiger partial charge in [-0.15, -0.1) is 49.0 Å². The maximum Gasteiger partial charge on any atom is 0.242 e. The van der Waals surface area contributed by atoms with Crippen LogP contribution in [-0.2, 0) is 17.9 Å². The predicted molar refractivity (Wildman–Crippen MR) is 138 cm³/mol. The lowest BCUT2D eigenvalue weighted by atomic mass is 10.1. The Bertz CT molecular complexity index is 768. The maximum absolute atomic E-state index is 12.2. The number of benzene rings is 2. The van der Waals surface area contributed by atoms with Crippen molar-refractivity contribution in [3.05, 3.63) is 65.7 Å². The maximum atomic E-state index is 12.2. The summed E-state index contributed by atoms with van der Waals surface area (Å²) >= 11 is 1.76. The highest BCUT2D eigenvalue weighted by Crippen LogP contribution is 2.16. The van der Waals surface area contributed by atoms with E-state index in [2.05, 4.69) is 62.9 Å². The largest absolute Gasteiger partial charge is 0.325 e. The lowest BCUT2D eigenvalue weighted by Gasteiger charge is -2.34. The number of carbonyl (C=O) groups excluding carboxylic acids is 1. The number of hydrogen-bond acceptors (Lipinski definition) is 5. The molecule has 2 saturated heterocycles. The van der Waals surface area contributed by atoms with Crippen molar-refractivity contribution in [1.29, 1.82) is 0 Å². The second-order valence-corrected chi connectivity index (χ2v) is 8.53. The second-order valence-electron chi connectivity index (χ2n) is 7.50. The van der Waals surface area contributed by atoms with Crippen molar-refractivity contribution in [3.63, 3.8) is 0 Å². The van der Waals surface area contributed by atoms with Gasteiger partial charge in [-0.2, -0.15) is 0 Å². The fraction of sp³-hybridized carbons (Fsp3) is 0.409. The van der Waals surface area contributed by atoms with Gasteiger partial charge < -0.3 is 5.32 Å². The summed E-state index contributed by atoms with van der Waals surface area (Å²) in [4.78, 5) is 17.2. The van der Waals surface area contributed by atoms with Crippen molar-refractivity contribution in [2.45, 2.75) is 19.1 Å². The summed E-state index contributed by atoms with van der Waals surface area (Å²) in [7, 11) is 0. The monoisotopic (exact) mass is 504 g/mol. The molecule has 1 unspecified atom stereocenters. The zero-order valence-electron chi connectivity index (χ0n) is 17.4. The first-order valence-corrected chi connectivity index (χ1v) is 11.1. The molecule has 1 atom stereocenters. The molecule has 4 rings (SSSR count). The quantitative estimate of drug-likeness (QED) is 0.624. The van der Waals surface area contributed by atoms with Crippen LogP contribution < -0.4 is 10.6 Å². The van der Waals surface area contributed by atoms with Gasteiger partial charge in [0, 0.05) is 56.6 Å². The van der Waals surface area contributed by atoms with Crippen molar-refractivity contribution >= 4 is 60.6 Å². The summed E-state index contributed by atoms with van der Waals surface area (Å²) < 4.78 is 0. The molecule has 0 aliphatic carbocycles. The van der Waals surface area contributed by atoms with E-state index in [9.17, 15) is 4.79 Å². The Kier molecular flexibility index (Phi) is 12.9. The minimum atomic E-state index is -0.0724. The van der Waals surface area contributed by atoms with Gasteiger partial charge in [-0.05, 0) is 23.3 Å². The lowest BCUT2D eigenvalue weighted by Crippen LogP contribution is -2.45. The van der Waals surface area contributed by atoms with E-state index in [1.54, 1.807) is 11.8 Å². The van der Waals surface area contributed by atoms with Crippen molar-refractivity contribution in [2.24, 2.45) is 0 Å². The lowest BCUT2D eigenvalue weighted by molar-refractivity contribution is -0.117. The Morgan fingerprint density at radius 1 is 0.871 bits per heavy atom. The van der Waals surface area contributed by atoms with Gasteiger partial charge in [0.05, 0.1) is 6.04 Å². The topological polar surface area (TPSA) is 47.6 Å². The molecule has 172 valence electrons. The van der Waals surface area contributed by atoms with Crippen LogP contribution in [0.15, 0.2) is 54.6 Å². The van der Waals surface area contributed by atoms with Crippen molar-refractivity contribution in [2.75, 3.05) is 43.1 Å². The molecule has 2 heterocycles. The molecule has 0 aromatic heterocycles. The highest BCUT2D eigenvalue weighted by Gasteiger charge is 2.22. The highest BCUT2D eigenvalue weighted by atomic mass is 35.5. The Labute approximate surface area is 207 Å². The van der Waals surface area contributed by atoms with E-state index in [0.717, 1.165) is 56.6 Å². The third kappa shape index (κ3) is 8.46. The third-order valence-corrected chi connectivity index (χ3v) is 6.31. The average molecular weight is 506 g/mol. The number of rotatable bonds is 6. The van der Waals surface area contributed by atoms with E-state index in [4.69, 9.17) is 0 Å². The number of hydrogen-bond donors (Lipinski definition) is 2. The molecule has 2 fully saturated rings. The molecule has 0 radical (unpaired) electrons. The van der Waals surface area contributed by atoms with Crippen LogP contribution in [0.3, 0.4) is 0 Å². The van der Waals surface area contributed by atoms with E-state index in [1.165, 1.54) is 11.1 Å². The van der Waals surface area contributed by atoms with Crippen molar-refractivity contribution in [1.82, 2.24) is 15.1 Å². The van der Waals surface area contributed by atoms with Crippen LogP contribution in [0.25, 0.3) is 0 Å². The zero-order chi connectivity index (χ0) is 19.2. The number of halogens is 3. The Morgan fingerprint density at radius 3 is 1.94 bits per heavy atom. The fourth-order valence-electron chi connectivity index (χ4n) is 3.69. The van der Waals surface area contributed by atoms with Gasteiger partial charge in [0.1, 0.15) is 0 Å². The molecule has 0 spiro atoms. The molecule has 2 aliphatic rings. The van der Waals surface area contributed by atoms with Gasteiger partial charge in [-0.1, -0.05) is 42.5 Å². The van der Waals surface area contributed by atoms with E-state index in [-0.39, 0.29) is 49.2 Å². The molecule has 2 aromatic rings. The summed E-state index contributed by atoms with van der Waals surface area (Å²) in [5.41, 5.74) is 3.56. The predicted octanol–water partition coefficient (Wildman–Crippen LogP) is 3.87. The fourth-order valence-corrected chi connectivity index (χ4v) is 4.63. The van der Waals surface area contributed by atoms with E-state index in [1.807, 2.05) is 12.1 Å². The molecular formula is C22H31Cl3N4OS. The number of nitrogens with one attached hydrogen (secondary N) is 2. The van der Waals surface area contributed by atoms with Gasteiger partial charge >= 0.3 is 0 Å². The van der Waals surface area contributed by atoms with Gasteiger partial charge in [0.25, 0.3) is 0 Å². The molecular weight excluding hydrogens is 475 g/mol. The van der Waals surface area contributed by atoms with Crippen molar-refractivity contribution in [3.8, 4) is 0 Å². The molecule has 31 heavy (non-hydrogen) atoms. The summed E-state index contributed by atoms with van der Waals surface area (Å²) in [6, 6.07) is 18.9.